The number of aromatic carboxylic acids is 1. The first kappa shape index (κ1) is 10.4. The van der Waals surface area contributed by atoms with Crippen molar-refractivity contribution >= 4 is 11.5 Å². The molecule has 2 rings (SSSR count). The summed E-state index contributed by atoms with van der Waals surface area (Å²) in [6, 6.07) is 2.87. The van der Waals surface area contributed by atoms with Crippen LogP contribution < -0.4 is 0 Å². The molecule has 0 unspecified atom stereocenters. The molecule has 0 amide bonds. The minimum Gasteiger partial charge on any atom is -0.506 e. The molecule has 0 aliphatic rings. The number of carboxylic acids is 1. The average molecular weight is 222 g/mol. The number of imidazole rings is 1. The summed E-state index contributed by atoms with van der Waals surface area (Å²) in [6.45, 7) is -0.131. The average Bonchev–Trinajstić information content (AvgIpc) is 2.58. The van der Waals surface area contributed by atoms with E-state index in [0.717, 1.165) is 0 Å². The van der Waals surface area contributed by atoms with Crippen molar-refractivity contribution in [1.82, 2.24) is 9.38 Å². The van der Waals surface area contributed by atoms with Crippen molar-refractivity contribution in [3.8, 4) is 5.75 Å². The topological polar surface area (TPSA) is 95.1 Å². The molecule has 6 heteroatoms. The number of aromatic nitrogens is 2. The third-order valence-electron chi connectivity index (χ3n) is 2.23. The minimum atomic E-state index is -1.13. The smallest absolute Gasteiger partial charge is 0.356 e. The van der Waals surface area contributed by atoms with Gasteiger partial charge in [0.1, 0.15) is 11.6 Å². The zero-order valence-electron chi connectivity index (χ0n) is 8.29. The lowest BCUT2D eigenvalue weighted by Crippen LogP contribution is -1.98. The van der Waals surface area contributed by atoms with E-state index in [1.54, 1.807) is 0 Å². The van der Waals surface area contributed by atoms with Crippen LogP contribution in [-0.4, -0.2) is 37.3 Å². The second-order valence-electron chi connectivity index (χ2n) is 3.30. The fourth-order valence-corrected chi connectivity index (χ4v) is 1.57. The fraction of sp³-hybridized carbons (Fsp3) is 0.200. The fourth-order valence-electron chi connectivity index (χ4n) is 1.57. The Balaban J connectivity index is 2.71. The summed E-state index contributed by atoms with van der Waals surface area (Å²) in [6.07, 6.45) is 1.61. The molecule has 2 heterocycles. The Morgan fingerprint density at radius 3 is 2.81 bits per heavy atom. The number of aliphatic hydroxyl groups excluding tert-OH is 1. The number of pyridine rings is 1. The van der Waals surface area contributed by atoms with Gasteiger partial charge in [0, 0.05) is 6.42 Å². The highest BCUT2D eigenvalue weighted by molar-refractivity contribution is 5.93. The highest BCUT2D eigenvalue weighted by Gasteiger charge is 2.16. The SMILES string of the molecule is O=C(O)c1nc(CCO)n2cc(O)ccc12. The molecule has 0 saturated carbocycles. The molecule has 2 aromatic heterocycles. The van der Waals surface area contributed by atoms with E-state index in [4.69, 9.17) is 10.2 Å². The van der Waals surface area contributed by atoms with Gasteiger partial charge in [-0.3, -0.25) is 4.40 Å². The predicted molar refractivity (Wildman–Crippen MR) is 54.6 cm³/mol. The van der Waals surface area contributed by atoms with Gasteiger partial charge in [-0.1, -0.05) is 0 Å². The molecular formula is C10H10N2O4. The van der Waals surface area contributed by atoms with Crippen LogP contribution >= 0.6 is 0 Å². The molecule has 0 aliphatic carbocycles. The van der Waals surface area contributed by atoms with Crippen molar-refractivity contribution in [2.75, 3.05) is 6.61 Å². The molecule has 0 spiro atoms. The minimum absolute atomic E-state index is 0.0148. The molecule has 2 aromatic rings. The zero-order valence-corrected chi connectivity index (χ0v) is 8.29. The molecule has 0 saturated heterocycles. The van der Waals surface area contributed by atoms with Gasteiger partial charge in [0.25, 0.3) is 0 Å². The van der Waals surface area contributed by atoms with Crippen molar-refractivity contribution < 1.29 is 20.1 Å². The van der Waals surface area contributed by atoms with Crippen LogP contribution in [0.25, 0.3) is 5.52 Å². The molecule has 16 heavy (non-hydrogen) atoms. The van der Waals surface area contributed by atoms with Gasteiger partial charge in [-0.15, -0.1) is 0 Å². The van der Waals surface area contributed by atoms with E-state index in [-0.39, 0.29) is 24.5 Å². The van der Waals surface area contributed by atoms with Gasteiger partial charge >= 0.3 is 5.97 Å². The molecule has 3 N–H and O–H groups in total. The largest absolute Gasteiger partial charge is 0.506 e. The maximum atomic E-state index is 10.9. The lowest BCUT2D eigenvalue weighted by Gasteiger charge is -1.99. The van der Waals surface area contributed by atoms with E-state index in [2.05, 4.69) is 4.98 Å². The van der Waals surface area contributed by atoms with E-state index in [0.29, 0.717) is 11.3 Å². The molecule has 0 fully saturated rings. The molecule has 0 bridgehead atoms. The van der Waals surface area contributed by atoms with Gasteiger partial charge in [-0.25, -0.2) is 9.78 Å². The number of nitrogens with zero attached hydrogens (tertiary/aromatic N) is 2. The molecule has 6 nitrogen and oxygen atoms in total. The van der Waals surface area contributed by atoms with Crippen molar-refractivity contribution in [2.45, 2.75) is 6.42 Å². The quantitative estimate of drug-likeness (QED) is 0.693. The van der Waals surface area contributed by atoms with E-state index >= 15 is 0 Å². The van der Waals surface area contributed by atoms with Gasteiger partial charge in [0.15, 0.2) is 5.69 Å². The summed E-state index contributed by atoms with van der Waals surface area (Å²) in [5, 5.41) is 27.1. The van der Waals surface area contributed by atoms with Gasteiger partial charge < -0.3 is 15.3 Å². The Kier molecular flexibility index (Phi) is 2.49. The number of carbonyl (C=O) groups is 1. The molecule has 0 radical (unpaired) electrons. The summed E-state index contributed by atoms with van der Waals surface area (Å²) in [5.41, 5.74) is 0.317. The number of hydrogen-bond donors (Lipinski definition) is 3. The summed E-state index contributed by atoms with van der Waals surface area (Å²) >= 11 is 0. The van der Waals surface area contributed by atoms with Gasteiger partial charge in [-0.2, -0.15) is 0 Å². The molecule has 0 aliphatic heterocycles. The first-order valence-corrected chi connectivity index (χ1v) is 4.67. The third-order valence-corrected chi connectivity index (χ3v) is 2.23. The second-order valence-corrected chi connectivity index (χ2v) is 3.30. The monoisotopic (exact) mass is 222 g/mol. The van der Waals surface area contributed by atoms with Crippen LogP contribution in [0.2, 0.25) is 0 Å². The van der Waals surface area contributed by atoms with Crippen LogP contribution in [0.3, 0.4) is 0 Å². The van der Waals surface area contributed by atoms with E-state index in [9.17, 15) is 9.90 Å². The number of hydrogen-bond acceptors (Lipinski definition) is 4. The van der Waals surface area contributed by atoms with E-state index in [1.165, 1.54) is 22.7 Å². The lowest BCUT2D eigenvalue weighted by molar-refractivity contribution is 0.0693. The van der Waals surface area contributed by atoms with Gasteiger partial charge in [0.2, 0.25) is 0 Å². The number of rotatable bonds is 3. The standard InChI is InChI=1S/C10H10N2O4/c13-4-3-8-11-9(10(15)16)7-2-1-6(14)5-12(7)8/h1-2,5,13-14H,3-4H2,(H,15,16). The van der Waals surface area contributed by atoms with E-state index < -0.39 is 5.97 Å². The van der Waals surface area contributed by atoms with Crippen molar-refractivity contribution in [1.29, 1.82) is 0 Å². The first-order valence-electron chi connectivity index (χ1n) is 4.67. The van der Waals surface area contributed by atoms with Crippen LogP contribution in [0.1, 0.15) is 16.3 Å². The van der Waals surface area contributed by atoms with Crippen molar-refractivity contribution in [3.63, 3.8) is 0 Å². The number of carboxylic acid groups (broad SMARTS) is 1. The van der Waals surface area contributed by atoms with Crippen LogP contribution in [0.15, 0.2) is 18.3 Å². The highest BCUT2D eigenvalue weighted by atomic mass is 16.4. The lowest BCUT2D eigenvalue weighted by atomic mass is 10.3. The van der Waals surface area contributed by atoms with Crippen LogP contribution in [0.4, 0.5) is 0 Å². The van der Waals surface area contributed by atoms with Crippen LogP contribution in [0, 0.1) is 0 Å². The predicted octanol–water partition coefficient (Wildman–Crippen LogP) is 0.273. The number of aliphatic hydroxyl groups is 1. The van der Waals surface area contributed by atoms with Crippen molar-refractivity contribution in [2.24, 2.45) is 0 Å². The third kappa shape index (κ3) is 1.59. The summed E-state index contributed by atoms with van der Waals surface area (Å²) in [7, 11) is 0. The molecular weight excluding hydrogens is 212 g/mol. The normalized spacial score (nSPS) is 10.8. The number of aromatic hydroxyl groups is 1. The first-order chi connectivity index (χ1) is 7.63. The summed E-state index contributed by atoms with van der Waals surface area (Å²) < 4.78 is 1.47. The molecule has 0 atom stereocenters. The summed E-state index contributed by atoms with van der Waals surface area (Å²) in [4.78, 5) is 14.8. The Bertz CT molecular complexity index is 547. The number of fused-ring (bicyclic) bond motifs is 1. The Morgan fingerprint density at radius 1 is 1.44 bits per heavy atom. The van der Waals surface area contributed by atoms with Crippen molar-refractivity contribution in [3.05, 3.63) is 29.8 Å². The Morgan fingerprint density at radius 2 is 2.19 bits per heavy atom. The maximum Gasteiger partial charge on any atom is 0.356 e. The second kappa shape index (κ2) is 3.82. The molecule has 84 valence electrons. The summed E-state index contributed by atoms with van der Waals surface area (Å²) in [5.74, 6) is -0.709. The Labute approximate surface area is 90.4 Å². The Hall–Kier alpha value is -2.08. The van der Waals surface area contributed by atoms with Gasteiger partial charge in [-0.05, 0) is 12.1 Å². The zero-order chi connectivity index (χ0) is 11.7. The van der Waals surface area contributed by atoms with Crippen LogP contribution in [-0.2, 0) is 6.42 Å². The maximum absolute atomic E-state index is 10.9. The van der Waals surface area contributed by atoms with Gasteiger partial charge in [0.05, 0.1) is 18.3 Å². The highest BCUT2D eigenvalue weighted by Crippen LogP contribution is 2.18. The van der Waals surface area contributed by atoms with Crippen LogP contribution in [0.5, 0.6) is 5.75 Å². The van der Waals surface area contributed by atoms with E-state index in [1.807, 2.05) is 0 Å². The molecule has 0 aromatic carbocycles.